The van der Waals surface area contributed by atoms with E-state index in [1.807, 2.05) is 20.8 Å². The third-order valence-electron chi connectivity index (χ3n) is 5.33. The molecule has 2 aromatic rings. The van der Waals surface area contributed by atoms with E-state index in [0.717, 1.165) is 19.4 Å². The summed E-state index contributed by atoms with van der Waals surface area (Å²) in [5.74, 6) is 0.611. The molecule has 2 aliphatic rings. The molecule has 0 spiro atoms. The molecule has 23 heavy (non-hydrogen) atoms. The Kier molecular flexibility index (Phi) is 3.27. The lowest BCUT2D eigenvalue weighted by Crippen LogP contribution is -2.55. The molecule has 1 fully saturated rings. The first-order valence-corrected chi connectivity index (χ1v) is 8.56. The Balaban J connectivity index is 1.61. The Bertz CT molecular complexity index is 756. The van der Waals surface area contributed by atoms with Crippen LogP contribution < -0.4 is 10.6 Å². The molecular weight excluding hydrogens is 286 g/mol. The summed E-state index contributed by atoms with van der Waals surface area (Å²) in [6.45, 7) is 6.76. The molecule has 122 valence electrons. The molecule has 1 aromatic carbocycles. The van der Waals surface area contributed by atoms with Crippen LogP contribution in [0.3, 0.4) is 0 Å². The van der Waals surface area contributed by atoms with Crippen molar-refractivity contribution >= 4 is 16.8 Å². The van der Waals surface area contributed by atoms with Crippen LogP contribution in [0.1, 0.15) is 44.2 Å². The van der Waals surface area contributed by atoms with Crippen LogP contribution in [-0.2, 0) is 11.2 Å². The lowest BCUT2D eigenvalue weighted by molar-refractivity contribution is -0.129. The summed E-state index contributed by atoms with van der Waals surface area (Å²) in [6, 6.07) is 7.23. The third kappa shape index (κ3) is 2.45. The van der Waals surface area contributed by atoms with Gasteiger partial charge in [0.2, 0.25) is 5.91 Å². The molecule has 1 unspecified atom stereocenters. The summed E-state index contributed by atoms with van der Waals surface area (Å²) in [7, 11) is 0. The largest absolute Gasteiger partial charge is 0.361 e. The maximum atomic E-state index is 12.3. The fraction of sp³-hybridized carbons (Fsp3) is 0.526. The minimum Gasteiger partial charge on any atom is -0.361 e. The average molecular weight is 311 g/mol. The second-order valence-electron chi connectivity index (χ2n) is 8.07. The van der Waals surface area contributed by atoms with Gasteiger partial charge in [0.05, 0.1) is 0 Å². The minimum atomic E-state index is -0.336. The summed E-state index contributed by atoms with van der Waals surface area (Å²) in [4.78, 5) is 15.7. The summed E-state index contributed by atoms with van der Waals surface area (Å²) >= 11 is 0. The number of aromatic amines is 1. The van der Waals surface area contributed by atoms with Crippen molar-refractivity contribution < 1.29 is 4.79 Å². The second kappa shape index (κ2) is 5.10. The lowest BCUT2D eigenvalue weighted by Gasteiger charge is -2.41. The number of piperidine rings is 1. The van der Waals surface area contributed by atoms with Crippen molar-refractivity contribution in [3.05, 3.63) is 35.5 Å². The molecule has 3 atom stereocenters. The smallest absolute Gasteiger partial charge is 0.225 e. The maximum absolute atomic E-state index is 12.3. The topological polar surface area (TPSA) is 56.9 Å². The van der Waals surface area contributed by atoms with Crippen molar-refractivity contribution in [2.75, 3.05) is 6.54 Å². The van der Waals surface area contributed by atoms with Gasteiger partial charge in [-0.3, -0.25) is 4.79 Å². The van der Waals surface area contributed by atoms with Crippen LogP contribution in [0.15, 0.2) is 24.4 Å². The number of nitrogens with one attached hydrogen (secondary N) is 3. The fourth-order valence-electron chi connectivity index (χ4n) is 4.05. The first-order valence-electron chi connectivity index (χ1n) is 8.56. The molecule has 0 radical (unpaired) electrons. The van der Waals surface area contributed by atoms with Gasteiger partial charge < -0.3 is 15.6 Å². The van der Waals surface area contributed by atoms with E-state index >= 15 is 0 Å². The fourth-order valence-corrected chi connectivity index (χ4v) is 4.05. The number of hydrogen-bond acceptors (Lipinski definition) is 2. The van der Waals surface area contributed by atoms with E-state index in [9.17, 15) is 4.79 Å². The number of carbonyl (C=O) groups is 1. The highest BCUT2D eigenvalue weighted by atomic mass is 16.2. The van der Waals surface area contributed by atoms with Crippen molar-refractivity contribution in [3.8, 4) is 0 Å². The normalized spacial score (nSPS) is 26.8. The standard InChI is InChI=1S/C19H25N3O/c1-19(2,3)18(23)22-12-8-14-13-5-4-6-15-17(13)11(9-20-15)7-16(14)21-10-12/h4-6,9,12,14,16,20-21H,7-8,10H2,1-3H3,(H,22,23)/t12?,14-,16-/m1/s1. The number of amides is 1. The molecule has 0 saturated carbocycles. The second-order valence-corrected chi connectivity index (χ2v) is 8.07. The van der Waals surface area contributed by atoms with Crippen LogP contribution in [0, 0.1) is 5.41 Å². The van der Waals surface area contributed by atoms with E-state index in [4.69, 9.17) is 0 Å². The molecule has 4 nitrogen and oxygen atoms in total. The lowest BCUT2D eigenvalue weighted by atomic mass is 9.75. The van der Waals surface area contributed by atoms with Gasteiger partial charge in [0, 0.05) is 47.1 Å². The Hall–Kier alpha value is -1.81. The minimum absolute atomic E-state index is 0.138. The highest BCUT2D eigenvalue weighted by molar-refractivity contribution is 5.88. The number of rotatable bonds is 1. The Morgan fingerprint density at radius 1 is 1.30 bits per heavy atom. The average Bonchev–Trinajstić information content (AvgIpc) is 2.92. The molecule has 4 rings (SSSR count). The van der Waals surface area contributed by atoms with Crippen molar-refractivity contribution in [2.45, 2.75) is 51.6 Å². The summed E-state index contributed by atoms with van der Waals surface area (Å²) < 4.78 is 0. The predicted octanol–water partition coefficient (Wildman–Crippen LogP) is 2.70. The van der Waals surface area contributed by atoms with Gasteiger partial charge in [-0.25, -0.2) is 0 Å². The van der Waals surface area contributed by atoms with Crippen molar-refractivity contribution in [1.82, 2.24) is 15.6 Å². The maximum Gasteiger partial charge on any atom is 0.225 e. The number of fused-ring (bicyclic) bond motifs is 2. The first kappa shape index (κ1) is 14.8. The number of benzene rings is 1. The number of aromatic nitrogens is 1. The number of H-pyrrole nitrogens is 1. The van der Waals surface area contributed by atoms with Crippen molar-refractivity contribution in [2.24, 2.45) is 5.41 Å². The molecule has 0 bridgehead atoms. The predicted molar refractivity (Wildman–Crippen MR) is 92.5 cm³/mol. The SMILES string of the molecule is CC(C)(C)C(=O)NC1CN[C@@H]2Cc3c[nH]c4cccc(c34)[C@H]2C1. The Morgan fingerprint density at radius 3 is 2.91 bits per heavy atom. The summed E-state index contributed by atoms with van der Waals surface area (Å²) in [5, 5.41) is 8.31. The molecule has 1 aliphatic heterocycles. The van der Waals surface area contributed by atoms with Crippen LogP contribution in [0.4, 0.5) is 0 Å². The van der Waals surface area contributed by atoms with E-state index in [1.54, 1.807) is 0 Å². The number of carbonyl (C=O) groups excluding carboxylic acids is 1. The van der Waals surface area contributed by atoms with Crippen LogP contribution in [-0.4, -0.2) is 29.5 Å². The van der Waals surface area contributed by atoms with Crippen LogP contribution >= 0.6 is 0 Å². The molecule has 4 heteroatoms. The van der Waals surface area contributed by atoms with Gasteiger partial charge >= 0.3 is 0 Å². The quantitative estimate of drug-likeness (QED) is 0.758. The van der Waals surface area contributed by atoms with Gasteiger partial charge in [-0.2, -0.15) is 0 Å². The molecule has 1 aromatic heterocycles. The Morgan fingerprint density at radius 2 is 2.13 bits per heavy atom. The van der Waals surface area contributed by atoms with Crippen LogP contribution in [0.5, 0.6) is 0 Å². The van der Waals surface area contributed by atoms with Gasteiger partial charge in [0.25, 0.3) is 0 Å². The number of hydrogen-bond donors (Lipinski definition) is 3. The van der Waals surface area contributed by atoms with Gasteiger partial charge in [-0.15, -0.1) is 0 Å². The monoisotopic (exact) mass is 311 g/mol. The summed E-state index contributed by atoms with van der Waals surface area (Å²) in [6.07, 6.45) is 4.24. The van der Waals surface area contributed by atoms with E-state index < -0.39 is 0 Å². The van der Waals surface area contributed by atoms with Crippen molar-refractivity contribution in [3.63, 3.8) is 0 Å². The molecule has 2 heterocycles. The van der Waals surface area contributed by atoms with Crippen LogP contribution in [0.25, 0.3) is 10.9 Å². The van der Waals surface area contributed by atoms with Gasteiger partial charge in [-0.1, -0.05) is 32.9 Å². The molecule has 3 N–H and O–H groups in total. The third-order valence-corrected chi connectivity index (χ3v) is 5.33. The van der Waals surface area contributed by atoms with E-state index in [-0.39, 0.29) is 17.4 Å². The first-order chi connectivity index (χ1) is 10.9. The van der Waals surface area contributed by atoms with E-state index in [2.05, 4.69) is 40.0 Å². The molecular formula is C19H25N3O. The zero-order chi connectivity index (χ0) is 16.2. The molecule has 1 amide bonds. The summed E-state index contributed by atoms with van der Waals surface area (Å²) in [5.41, 5.74) is 3.74. The van der Waals surface area contributed by atoms with Gasteiger partial charge in [-0.05, 0) is 30.0 Å². The van der Waals surface area contributed by atoms with E-state index in [1.165, 1.54) is 22.0 Å². The molecule has 1 aliphatic carbocycles. The zero-order valence-electron chi connectivity index (χ0n) is 14.1. The highest BCUT2D eigenvalue weighted by Crippen LogP contribution is 2.40. The van der Waals surface area contributed by atoms with E-state index in [0.29, 0.717) is 12.0 Å². The zero-order valence-corrected chi connectivity index (χ0v) is 14.1. The molecule has 1 saturated heterocycles. The Labute approximate surface area is 137 Å². The van der Waals surface area contributed by atoms with Gasteiger partial charge in [0.15, 0.2) is 0 Å². The van der Waals surface area contributed by atoms with Crippen molar-refractivity contribution in [1.29, 1.82) is 0 Å². The van der Waals surface area contributed by atoms with Gasteiger partial charge in [0.1, 0.15) is 0 Å². The highest BCUT2D eigenvalue weighted by Gasteiger charge is 2.37. The van der Waals surface area contributed by atoms with Crippen LogP contribution in [0.2, 0.25) is 0 Å².